The Balaban J connectivity index is 1.40. The molecule has 3 aromatic rings. The summed E-state index contributed by atoms with van der Waals surface area (Å²) in [4.78, 5) is 26.3. The van der Waals surface area contributed by atoms with Gasteiger partial charge in [-0.2, -0.15) is 4.57 Å². The molecule has 0 spiro atoms. The fraction of sp³-hybridized carbons (Fsp3) is 0.559. The summed E-state index contributed by atoms with van der Waals surface area (Å²) in [6, 6.07) is 15.7. The van der Waals surface area contributed by atoms with E-state index in [9.17, 15) is 9.59 Å². The molecule has 230 valence electrons. The number of benzene rings is 2. The highest BCUT2D eigenvalue weighted by molar-refractivity contribution is 5.90. The van der Waals surface area contributed by atoms with Crippen molar-refractivity contribution < 1.29 is 14.2 Å². The first kappa shape index (κ1) is 33.3. The molecule has 0 fully saturated rings. The average molecular weight is 578 g/mol. The van der Waals surface area contributed by atoms with E-state index >= 15 is 0 Å². The summed E-state index contributed by atoms with van der Waals surface area (Å²) in [5.41, 5.74) is 10.4. The zero-order chi connectivity index (χ0) is 30.2. The molecule has 0 aliphatic rings. The van der Waals surface area contributed by atoms with Gasteiger partial charge in [0.25, 0.3) is 0 Å². The van der Waals surface area contributed by atoms with Gasteiger partial charge >= 0.3 is 0 Å². The lowest BCUT2D eigenvalue weighted by Crippen LogP contribution is -2.36. The van der Waals surface area contributed by atoms with Crippen molar-refractivity contribution in [3.05, 3.63) is 48.0 Å². The number of nitrogens with zero attached hydrogens (tertiary/aromatic N) is 2. The predicted octanol–water partition coefficient (Wildman–Crippen LogP) is 4.55. The molecule has 0 aliphatic heterocycles. The molecule has 0 saturated carbocycles. The first-order valence-corrected chi connectivity index (χ1v) is 15.9. The van der Waals surface area contributed by atoms with Crippen LogP contribution >= 0.6 is 0 Å². The lowest BCUT2D eigenvalue weighted by Gasteiger charge is -2.14. The summed E-state index contributed by atoms with van der Waals surface area (Å²) >= 11 is 0. The van der Waals surface area contributed by atoms with Gasteiger partial charge in [-0.15, -0.1) is 0 Å². The minimum Gasteiger partial charge on any atom is -0.377 e. The van der Waals surface area contributed by atoms with Gasteiger partial charge in [-0.05, 0) is 88.4 Å². The molecule has 0 bridgehead atoms. The number of nitrogens with one attached hydrogen (secondary N) is 3. The van der Waals surface area contributed by atoms with Crippen LogP contribution in [0.3, 0.4) is 0 Å². The van der Waals surface area contributed by atoms with Gasteiger partial charge in [0.05, 0.1) is 0 Å². The van der Waals surface area contributed by atoms with E-state index in [0.717, 1.165) is 70.9 Å². The number of pyridine rings is 1. The average Bonchev–Trinajstić information content (AvgIpc) is 2.98. The van der Waals surface area contributed by atoms with Gasteiger partial charge in [-0.25, -0.2) is 0 Å². The van der Waals surface area contributed by atoms with Gasteiger partial charge in [0.15, 0.2) is 0 Å². The van der Waals surface area contributed by atoms with E-state index in [2.05, 4.69) is 82.0 Å². The molecular formula is C34H53N6O2+. The second-order valence-electron chi connectivity index (χ2n) is 11.5. The molecule has 5 N–H and O–H groups in total. The van der Waals surface area contributed by atoms with Crippen molar-refractivity contribution in [2.75, 3.05) is 45.7 Å². The molecule has 0 atom stereocenters. The fourth-order valence-electron chi connectivity index (χ4n) is 5.36. The van der Waals surface area contributed by atoms with Crippen LogP contribution < -0.4 is 31.2 Å². The Morgan fingerprint density at radius 3 is 1.95 bits per heavy atom. The number of aromatic nitrogens is 1. The molecule has 42 heavy (non-hydrogen) atoms. The second-order valence-corrected chi connectivity index (χ2v) is 11.5. The zero-order valence-corrected chi connectivity index (χ0v) is 26.1. The van der Waals surface area contributed by atoms with Gasteiger partial charge in [-0.1, -0.05) is 12.5 Å². The molecule has 8 heteroatoms. The largest absolute Gasteiger partial charge is 0.377 e. The van der Waals surface area contributed by atoms with Crippen molar-refractivity contribution >= 4 is 39.3 Å². The summed E-state index contributed by atoms with van der Waals surface area (Å²) in [5, 5.41) is 11.8. The Morgan fingerprint density at radius 2 is 1.33 bits per heavy atom. The standard InChI is InChI=1S/C34H52N6O2/c1-36-26-27-15-16-28-24-29-17-18-30(39(2)3)25-32(29)40(31(28)23-27)22-12-5-8-14-34(42)38-21-11-6-10-20-37-33(41)13-7-4-9-19-35/h15-18,23-25,36H,4-14,19-22,26,35H2,1-3H3,(H-,37,38,41,42)/p+1. The zero-order valence-electron chi connectivity index (χ0n) is 26.1. The quantitative estimate of drug-likeness (QED) is 0.0897. The van der Waals surface area contributed by atoms with Gasteiger partial charge in [0.1, 0.15) is 6.54 Å². The van der Waals surface area contributed by atoms with E-state index < -0.39 is 0 Å². The highest BCUT2D eigenvalue weighted by Gasteiger charge is 2.17. The lowest BCUT2D eigenvalue weighted by atomic mass is 10.1. The Bertz CT molecular complexity index is 1280. The maximum Gasteiger partial charge on any atom is 0.219 e. The number of hydrogen-bond acceptors (Lipinski definition) is 5. The number of amides is 2. The lowest BCUT2D eigenvalue weighted by molar-refractivity contribution is -0.645. The summed E-state index contributed by atoms with van der Waals surface area (Å²) in [6.45, 7) is 3.86. The molecular weight excluding hydrogens is 524 g/mol. The number of fused-ring (bicyclic) bond motifs is 2. The van der Waals surface area contributed by atoms with Crippen molar-refractivity contribution in [2.45, 2.75) is 83.7 Å². The molecule has 1 heterocycles. The van der Waals surface area contributed by atoms with Gasteiger partial charge in [0.2, 0.25) is 22.8 Å². The van der Waals surface area contributed by atoms with E-state index in [1.807, 2.05) is 7.05 Å². The maximum atomic E-state index is 12.4. The van der Waals surface area contributed by atoms with Crippen molar-refractivity contribution in [3.8, 4) is 0 Å². The third kappa shape index (κ3) is 10.9. The van der Waals surface area contributed by atoms with Crippen LogP contribution in [0.4, 0.5) is 5.69 Å². The fourth-order valence-corrected chi connectivity index (χ4v) is 5.36. The summed E-state index contributed by atoms with van der Waals surface area (Å²) in [7, 11) is 6.14. The summed E-state index contributed by atoms with van der Waals surface area (Å²) < 4.78 is 2.46. The van der Waals surface area contributed by atoms with E-state index in [0.29, 0.717) is 32.5 Å². The molecule has 3 rings (SSSR count). The Kier molecular flexibility index (Phi) is 14.5. The molecule has 8 nitrogen and oxygen atoms in total. The number of anilines is 1. The third-order valence-corrected chi connectivity index (χ3v) is 7.79. The number of aryl methyl sites for hydroxylation is 1. The number of unbranched alkanes of at least 4 members (excludes halogenated alkanes) is 6. The van der Waals surface area contributed by atoms with Crippen LogP contribution in [-0.2, 0) is 22.7 Å². The van der Waals surface area contributed by atoms with Gasteiger partial charge in [-0.3, -0.25) is 9.59 Å². The van der Waals surface area contributed by atoms with Crippen LogP contribution in [0.2, 0.25) is 0 Å². The van der Waals surface area contributed by atoms with E-state index in [4.69, 9.17) is 5.73 Å². The van der Waals surface area contributed by atoms with E-state index in [1.54, 1.807) is 0 Å². The van der Waals surface area contributed by atoms with Gasteiger partial charge in [0, 0.05) is 81.6 Å². The molecule has 2 aromatic carbocycles. The van der Waals surface area contributed by atoms with Crippen molar-refractivity contribution in [3.63, 3.8) is 0 Å². The summed E-state index contributed by atoms with van der Waals surface area (Å²) in [5.74, 6) is 0.264. The highest BCUT2D eigenvalue weighted by Crippen LogP contribution is 2.24. The van der Waals surface area contributed by atoms with Crippen molar-refractivity contribution in [1.29, 1.82) is 0 Å². The number of carbonyl (C=O) groups is 2. The molecule has 0 radical (unpaired) electrons. The van der Waals surface area contributed by atoms with E-state index in [1.165, 1.54) is 33.1 Å². The van der Waals surface area contributed by atoms with Crippen LogP contribution in [0.1, 0.15) is 76.2 Å². The number of nitrogens with two attached hydrogens (primary N) is 1. The van der Waals surface area contributed by atoms with Crippen LogP contribution in [0, 0.1) is 0 Å². The van der Waals surface area contributed by atoms with Gasteiger partial charge < -0.3 is 26.6 Å². The Labute approximate surface area is 252 Å². The van der Waals surface area contributed by atoms with Crippen LogP contribution in [0.5, 0.6) is 0 Å². The van der Waals surface area contributed by atoms with Crippen molar-refractivity contribution in [2.24, 2.45) is 5.73 Å². The predicted molar refractivity (Wildman–Crippen MR) is 175 cm³/mol. The normalized spacial score (nSPS) is 11.2. The monoisotopic (exact) mass is 577 g/mol. The molecule has 0 unspecified atom stereocenters. The third-order valence-electron chi connectivity index (χ3n) is 7.79. The van der Waals surface area contributed by atoms with Crippen LogP contribution in [0.15, 0.2) is 42.5 Å². The minimum absolute atomic E-state index is 0.129. The maximum absolute atomic E-state index is 12.4. The second kappa shape index (κ2) is 18.3. The smallest absolute Gasteiger partial charge is 0.219 e. The molecule has 2 amide bonds. The number of rotatable bonds is 20. The van der Waals surface area contributed by atoms with E-state index in [-0.39, 0.29) is 11.8 Å². The molecule has 1 aromatic heterocycles. The number of hydrogen-bond donors (Lipinski definition) is 4. The Hall–Kier alpha value is -3.23. The molecule has 0 saturated heterocycles. The molecule has 0 aliphatic carbocycles. The summed E-state index contributed by atoms with van der Waals surface area (Å²) in [6.07, 6.45) is 9.85. The van der Waals surface area contributed by atoms with Crippen LogP contribution in [0.25, 0.3) is 21.8 Å². The minimum atomic E-state index is 0.129. The Morgan fingerprint density at radius 1 is 0.738 bits per heavy atom. The van der Waals surface area contributed by atoms with Crippen molar-refractivity contribution in [1.82, 2.24) is 16.0 Å². The highest BCUT2D eigenvalue weighted by atomic mass is 16.2. The topological polar surface area (TPSA) is 103 Å². The first-order valence-electron chi connectivity index (χ1n) is 15.9. The number of carbonyl (C=O) groups excluding carboxylic acids is 2. The van der Waals surface area contributed by atoms with Crippen LogP contribution in [-0.4, -0.2) is 52.6 Å². The SMILES string of the molecule is CNCc1ccc2cc3ccc(N(C)C)cc3[n+](CCCCCC(=O)NCCCCCNC(=O)CCCCCN)c2c1. The first-order chi connectivity index (χ1) is 20.4.